The lowest BCUT2D eigenvalue weighted by Crippen LogP contribution is -1.90. The van der Waals surface area contributed by atoms with Gasteiger partial charge in [-0.15, -0.1) is 22.7 Å². The van der Waals surface area contributed by atoms with E-state index in [2.05, 4.69) is 62.4 Å². The number of nitrogens with zero attached hydrogens (tertiary/aromatic N) is 2. The minimum atomic E-state index is 1.02. The van der Waals surface area contributed by atoms with Crippen LogP contribution in [0.3, 0.4) is 0 Å². The molecule has 0 bridgehead atoms. The minimum absolute atomic E-state index is 1.02. The number of fused-ring (bicyclic) bond motifs is 7. The second kappa shape index (κ2) is 6.10. The van der Waals surface area contributed by atoms with E-state index in [-0.39, 0.29) is 0 Å². The zero-order chi connectivity index (χ0) is 16.6. The largest absolute Gasteiger partial charge is 0.384 e. The van der Waals surface area contributed by atoms with E-state index >= 15 is 0 Å². The van der Waals surface area contributed by atoms with Gasteiger partial charge in [-0.1, -0.05) is 18.2 Å². The standard InChI is InChI=1S/C12H6N2S2.C8H9N/c1-5-15-11-7(1)9-10(14-4-3-13-9)12-8(11)2-6-16-12;1-2-4-8-7(3-1)5-6-9-8/h1-6H;1-4,9H,5-6H2. The Bertz CT molecular complexity index is 1100. The molecule has 0 amide bonds. The van der Waals surface area contributed by atoms with Crippen molar-refractivity contribution >= 4 is 59.6 Å². The van der Waals surface area contributed by atoms with Gasteiger partial charge in [0.05, 0.1) is 10.2 Å². The molecule has 0 radical (unpaired) electrons. The maximum absolute atomic E-state index is 4.46. The van der Waals surface area contributed by atoms with Gasteiger partial charge in [-0.2, -0.15) is 0 Å². The number of hydrogen-bond donors (Lipinski definition) is 1. The van der Waals surface area contributed by atoms with Crippen molar-refractivity contribution in [3.05, 3.63) is 65.1 Å². The predicted octanol–water partition coefficient (Wildman–Crippen LogP) is 5.71. The van der Waals surface area contributed by atoms with E-state index in [1.165, 1.54) is 37.8 Å². The highest BCUT2D eigenvalue weighted by Gasteiger charge is 2.11. The molecule has 2 aromatic carbocycles. The molecule has 0 spiro atoms. The number of para-hydroxylation sites is 1. The first-order valence-corrected chi connectivity index (χ1v) is 9.96. The normalized spacial score (nSPS) is 12.8. The summed E-state index contributed by atoms with van der Waals surface area (Å²) in [7, 11) is 0. The monoisotopic (exact) mass is 361 g/mol. The van der Waals surface area contributed by atoms with Gasteiger partial charge in [0.2, 0.25) is 0 Å². The Kier molecular flexibility index (Phi) is 3.61. The Hall–Kier alpha value is -2.50. The van der Waals surface area contributed by atoms with Gasteiger partial charge in [0.25, 0.3) is 0 Å². The number of rotatable bonds is 0. The first kappa shape index (κ1) is 14.8. The van der Waals surface area contributed by atoms with Crippen LogP contribution >= 0.6 is 22.7 Å². The van der Waals surface area contributed by atoms with E-state index < -0.39 is 0 Å². The highest BCUT2D eigenvalue weighted by Crippen LogP contribution is 2.38. The molecular weight excluding hydrogens is 346 g/mol. The zero-order valence-corrected chi connectivity index (χ0v) is 15.0. The average Bonchev–Trinajstić information content (AvgIpc) is 3.41. The van der Waals surface area contributed by atoms with Crippen LogP contribution in [0.25, 0.3) is 31.2 Å². The summed E-state index contributed by atoms with van der Waals surface area (Å²) in [6.45, 7) is 1.11. The van der Waals surface area contributed by atoms with Crippen molar-refractivity contribution in [3.8, 4) is 0 Å². The van der Waals surface area contributed by atoms with E-state index in [1.54, 1.807) is 35.1 Å². The Morgan fingerprint density at radius 2 is 1.56 bits per heavy atom. The average molecular weight is 361 g/mol. The van der Waals surface area contributed by atoms with Crippen molar-refractivity contribution in [3.63, 3.8) is 0 Å². The topological polar surface area (TPSA) is 37.8 Å². The Balaban J connectivity index is 0.000000132. The first-order valence-electron chi connectivity index (χ1n) is 8.21. The van der Waals surface area contributed by atoms with Crippen LogP contribution in [0.1, 0.15) is 5.56 Å². The summed E-state index contributed by atoms with van der Waals surface area (Å²) in [5.74, 6) is 0. The molecule has 3 aromatic heterocycles. The van der Waals surface area contributed by atoms with E-state index in [9.17, 15) is 0 Å². The molecule has 1 N–H and O–H groups in total. The first-order chi connectivity index (χ1) is 12.4. The van der Waals surface area contributed by atoms with Gasteiger partial charge in [-0.3, -0.25) is 9.97 Å². The molecule has 0 unspecified atom stereocenters. The van der Waals surface area contributed by atoms with Crippen molar-refractivity contribution in [2.45, 2.75) is 6.42 Å². The van der Waals surface area contributed by atoms with Gasteiger partial charge in [0.1, 0.15) is 5.52 Å². The van der Waals surface area contributed by atoms with Crippen molar-refractivity contribution < 1.29 is 0 Å². The third-order valence-corrected chi connectivity index (χ3v) is 6.34. The zero-order valence-electron chi connectivity index (χ0n) is 13.4. The van der Waals surface area contributed by atoms with Gasteiger partial charge in [0, 0.05) is 40.1 Å². The van der Waals surface area contributed by atoms with Crippen molar-refractivity contribution in [1.82, 2.24) is 9.97 Å². The molecule has 5 heteroatoms. The second-order valence-corrected chi connectivity index (χ2v) is 7.75. The lowest BCUT2D eigenvalue weighted by molar-refractivity contribution is 1.11. The lowest BCUT2D eigenvalue weighted by Gasteiger charge is -2.00. The number of nitrogens with one attached hydrogen (secondary N) is 1. The third-order valence-electron chi connectivity index (χ3n) is 4.47. The molecule has 122 valence electrons. The van der Waals surface area contributed by atoms with Crippen LogP contribution in [-0.4, -0.2) is 16.5 Å². The van der Waals surface area contributed by atoms with Crippen LogP contribution in [0.4, 0.5) is 5.69 Å². The Morgan fingerprint density at radius 1 is 0.800 bits per heavy atom. The molecule has 25 heavy (non-hydrogen) atoms. The molecule has 0 saturated carbocycles. The Labute approximate surface area is 153 Å². The summed E-state index contributed by atoms with van der Waals surface area (Å²) >= 11 is 3.51. The van der Waals surface area contributed by atoms with Gasteiger partial charge in [0.15, 0.2) is 0 Å². The third kappa shape index (κ3) is 2.47. The number of thiophene rings is 2. The van der Waals surface area contributed by atoms with E-state index in [1.807, 2.05) is 0 Å². The van der Waals surface area contributed by atoms with Gasteiger partial charge in [-0.25, -0.2) is 0 Å². The molecule has 0 saturated heterocycles. The molecule has 1 aliphatic rings. The van der Waals surface area contributed by atoms with Gasteiger partial charge >= 0.3 is 0 Å². The molecule has 1 aliphatic heterocycles. The van der Waals surface area contributed by atoms with Gasteiger partial charge in [-0.05, 0) is 40.9 Å². The quantitative estimate of drug-likeness (QED) is 0.384. The van der Waals surface area contributed by atoms with E-state index in [0.29, 0.717) is 0 Å². The van der Waals surface area contributed by atoms with Crippen LogP contribution in [0.15, 0.2) is 59.6 Å². The number of benzene rings is 2. The fourth-order valence-electron chi connectivity index (χ4n) is 3.32. The minimum Gasteiger partial charge on any atom is -0.384 e. The molecule has 0 aliphatic carbocycles. The summed E-state index contributed by atoms with van der Waals surface area (Å²) in [5.41, 5.74) is 4.82. The maximum Gasteiger partial charge on any atom is 0.107 e. The molecule has 6 rings (SSSR count). The highest BCUT2D eigenvalue weighted by atomic mass is 32.1. The van der Waals surface area contributed by atoms with E-state index in [4.69, 9.17) is 0 Å². The van der Waals surface area contributed by atoms with Crippen molar-refractivity contribution in [2.24, 2.45) is 0 Å². The number of aromatic nitrogens is 2. The molecule has 4 heterocycles. The van der Waals surface area contributed by atoms with Crippen LogP contribution < -0.4 is 5.32 Å². The van der Waals surface area contributed by atoms with Crippen LogP contribution in [0, 0.1) is 0 Å². The van der Waals surface area contributed by atoms with Crippen molar-refractivity contribution in [2.75, 3.05) is 11.9 Å². The van der Waals surface area contributed by atoms with Crippen LogP contribution in [-0.2, 0) is 6.42 Å². The summed E-state index contributed by atoms with van der Waals surface area (Å²) in [6.07, 6.45) is 4.72. The van der Waals surface area contributed by atoms with Crippen LogP contribution in [0.2, 0.25) is 0 Å². The maximum atomic E-state index is 4.46. The fraction of sp³-hybridized carbons (Fsp3) is 0.100. The van der Waals surface area contributed by atoms with E-state index in [0.717, 1.165) is 17.6 Å². The Morgan fingerprint density at radius 3 is 2.44 bits per heavy atom. The summed E-state index contributed by atoms with van der Waals surface area (Å²) < 4.78 is 2.57. The summed E-state index contributed by atoms with van der Waals surface area (Å²) in [6, 6.07) is 12.8. The fourth-order valence-corrected chi connectivity index (χ4v) is 5.21. The predicted molar refractivity (Wildman–Crippen MR) is 109 cm³/mol. The molecule has 3 nitrogen and oxygen atoms in total. The molecule has 5 aromatic rings. The van der Waals surface area contributed by atoms with Crippen molar-refractivity contribution in [1.29, 1.82) is 0 Å². The summed E-state index contributed by atoms with van der Waals surface area (Å²) in [5, 5.41) is 10.1. The molecular formula is C20H15N3S2. The van der Waals surface area contributed by atoms with Crippen LogP contribution in [0.5, 0.6) is 0 Å². The summed E-state index contributed by atoms with van der Waals surface area (Å²) in [4.78, 5) is 8.93. The SMILES string of the molecule is c1ccc2c(c1)CCN2.c1cnc2c(n1)c1ccsc1c1ccsc12. The van der Waals surface area contributed by atoms with Gasteiger partial charge < -0.3 is 5.32 Å². The highest BCUT2D eigenvalue weighted by molar-refractivity contribution is 7.21. The molecule has 0 atom stereocenters. The number of hydrogen-bond acceptors (Lipinski definition) is 5. The second-order valence-electron chi connectivity index (χ2n) is 5.91. The number of anilines is 1. The lowest BCUT2D eigenvalue weighted by atomic mass is 10.1. The molecule has 0 fully saturated rings. The smallest absolute Gasteiger partial charge is 0.107 e.